The molecule has 0 aromatic rings. The third-order valence-corrected chi connectivity index (χ3v) is 6.06. The molecular formula is C11H15P. The molecule has 0 aromatic carbocycles. The van der Waals surface area contributed by atoms with Gasteiger partial charge in [0.25, 0.3) is 0 Å². The maximum absolute atomic E-state index is 3.37. The molecule has 64 valence electrons. The van der Waals surface area contributed by atoms with Crippen molar-refractivity contribution in [1.82, 2.24) is 0 Å². The van der Waals surface area contributed by atoms with Gasteiger partial charge in [-0.05, 0) is 36.3 Å². The zero-order valence-electron chi connectivity index (χ0n) is 7.75. The van der Waals surface area contributed by atoms with E-state index < -0.39 is 0 Å². The lowest BCUT2D eigenvalue weighted by Crippen LogP contribution is -1.96. The Balaban J connectivity index is 2.22. The van der Waals surface area contributed by atoms with Crippen LogP contribution >= 0.6 is 7.92 Å². The maximum Gasteiger partial charge on any atom is 0.0179 e. The van der Waals surface area contributed by atoms with Gasteiger partial charge in [-0.15, -0.1) is 5.73 Å². The highest BCUT2D eigenvalue weighted by molar-refractivity contribution is 7.64. The van der Waals surface area contributed by atoms with Crippen LogP contribution in [0.4, 0.5) is 0 Å². The van der Waals surface area contributed by atoms with E-state index in [4.69, 9.17) is 0 Å². The SMILES string of the molecule is C[C@H]1CC[C@H](C)P1C1=C=CC=C1. The molecule has 2 aliphatic rings. The van der Waals surface area contributed by atoms with Crippen LogP contribution in [0.2, 0.25) is 0 Å². The lowest BCUT2D eigenvalue weighted by molar-refractivity contribution is 0.777. The van der Waals surface area contributed by atoms with E-state index in [-0.39, 0.29) is 7.92 Å². The van der Waals surface area contributed by atoms with E-state index in [1.165, 1.54) is 18.2 Å². The van der Waals surface area contributed by atoms with Gasteiger partial charge in [0.1, 0.15) is 0 Å². The summed E-state index contributed by atoms with van der Waals surface area (Å²) in [4.78, 5) is 0. The summed E-state index contributed by atoms with van der Waals surface area (Å²) in [5.41, 5.74) is 5.22. The first kappa shape index (κ1) is 8.30. The average molecular weight is 178 g/mol. The molecule has 0 amide bonds. The molecule has 0 unspecified atom stereocenters. The lowest BCUT2D eigenvalue weighted by Gasteiger charge is -2.19. The molecule has 0 aromatic heterocycles. The van der Waals surface area contributed by atoms with Crippen molar-refractivity contribution >= 4 is 7.92 Å². The van der Waals surface area contributed by atoms with Crippen LogP contribution in [-0.4, -0.2) is 11.3 Å². The fourth-order valence-electron chi connectivity index (χ4n) is 2.15. The van der Waals surface area contributed by atoms with Crippen molar-refractivity contribution in [3.8, 4) is 0 Å². The Kier molecular flexibility index (Phi) is 2.22. The summed E-state index contributed by atoms with van der Waals surface area (Å²) in [5, 5.41) is 1.50. The van der Waals surface area contributed by atoms with Crippen LogP contribution in [0.3, 0.4) is 0 Å². The van der Waals surface area contributed by atoms with Crippen LogP contribution in [-0.2, 0) is 0 Å². The molecule has 1 aliphatic carbocycles. The van der Waals surface area contributed by atoms with E-state index in [0.717, 1.165) is 11.3 Å². The largest absolute Gasteiger partial charge is 0.112 e. The molecule has 0 bridgehead atoms. The Bertz CT molecular complexity index is 259. The molecule has 0 saturated carbocycles. The minimum Gasteiger partial charge on any atom is -0.112 e. The monoisotopic (exact) mass is 178 g/mol. The van der Waals surface area contributed by atoms with Gasteiger partial charge in [-0.3, -0.25) is 0 Å². The first-order valence-electron chi connectivity index (χ1n) is 4.71. The summed E-state index contributed by atoms with van der Waals surface area (Å²) in [6.45, 7) is 4.80. The first-order valence-corrected chi connectivity index (χ1v) is 6.19. The Hall–Kier alpha value is -0.310. The van der Waals surface area contributed by atoms with Crippen molar-refractivity contribution in [2.75, 3.05) is 0 Å². The second-order valence-electron chi connectivity index (χ2n) is 3.74. The van der Waals surface area contributed by atoms with Crippen molar-refractivity contribution in [3.05, 3.63) is 29.3 Å². The predicted octanol–water partition coefficient (Wildman–Crippen LogP) is 3.65. The Labute approximate surface area is 75.8 Å². The van der Waals surface area contributed by atoms with Gasteiger partial charge in [0.05, 0.1) is 0 Å². The molecule has 0 radical (unpaired) electrons. The highest BCUT2D eigenvalue weighted by Gasteiger charge is 2.31. The minimum absolute atomic E-state index is 0.119. The summed E-state index contributed by atoms with van der Waals surface area (Å²) in [6, 6.07) is 0. The molecule has 1 heterocycles. The van der Waals surface area contributed by atoms with Gasteiger partial charge in [-0.1, -0.05) is 27.8 Å². The van der Waals surface area contributed by atoms with Crippen molar-refractivity contribution < 1.29 is 0 Å². The van der Waals surface area contributed by atoms with Gasteiger partial charge in [-0.2, -0.15) is 0 Å². The zero-order chi connectivity index (χ0) is 8.55. The quantitative estimate of drug-likeness (QED) is 0.424. The molecule has 0 N–H and O–H groups in total. The highest BCUT2D eigenvalue weighted by Crippen LogP contribution is 2.61. The molecule has 1 saturated heterocycles. The Morgan fingerprint density at radius 2 is 2.00 bits per heavy atom. The number of hydrogen-bond donors (Lipinski definition) is 0. The summed E-state index contributed by atoms with van der Waals surface area (Å²) in [5.74, 6) is 0. The van der Waals surface area contributed by atoms with Crippen LogP contribution in [0.25, 0.3) is 0 Å². The molecule has 12 heavy (non-hydrogen) atoms. The number of allylic oxidation sites excluding steroid dienone is 3. The van der Waals surface area contributed by atoms with Gasteiger partial charge >= 0.3 is 0 Å². The average Bonchev–Trinajstić information content (AvgIpc) is 2.61. The van der Waals surface area contributed by atoms with Crippen LogP contribution in [0.1, 0.15) is 26.7 Å². The van der Waals surface area contributed by atoms with Gasteiger partial charge in [-0.25, -0.2) is 0 Å². The standard InChI is InChI=1S/C11H15P/c1-9-7-8-10(2)12(9)11-5-3-4-6-11/h3-5,9-10H,7-8H2,1-2H3/t9-,10-/m0/s1. The van der Waals surface area contributed by atoms with Crippen molar-refractivity contribution in [2.24, 2.45) is 0 Å². The van der Waals surface area contributed by atoms with Gasteiger partial charge in [0, 0.05) is 5.31 Å². The fourth-order valence-corrected chi connectivity index (χ4v) is 5.31. The second kappa shape index (κ2) is 3.21. The molecule has 2 atom stereocenters. The van der Waals surface area contributed by atoms with Crippen LogP contribution < -0.4 is 0 Å². The van der Waals surface area contributed by atoms with E-state index in [2.05, 4.69) is 37.8 Å². The van der Waals surface area contributed by atoms with Gasteiger partial charge < -0.3 is 0 Å². The summed E-state index contributed by atoms with van der Waals surface area (Å²) in [6.07, 6.45) is 9.27. The van der Waals surface area contributed by atoms with Crippen LogP contribution in [0.15, 0.2) is 29.3 Å². The molecular weight excluding hydrogens is 163 g/mol. The van der Waals surface area contributed by atoms with E-state index in [1.54, 1.807) is 0 Å². The molecule has 0 spiro atoms. The lowest BCUT2D eigenvalue weighted by atomic mass is 10.2. The smallest absolute Gasteiger partial charge is 0.0179 e. The van der Waals surface area contributed by atoms with Crippen LogP contribution in [0.5, 0.6) is 0 Å². The molecule has 1 heteroatoms. The summed E-state index contributed by atoms with van der Waals surface area (Å²) >= 11 is 0. The Morgan fingerprint density at radius 1 is 1.33 bits per heavy atom. The topological polar surface area (TPSA) is 0 Å². The normalized spacial score (nSPS) is 34.7. The number of hydrogen-bond acceptors (Lipinski definition) is 0. The summed E-state index contributed by atoms with van der Waals surface area (Å²) < 4.78 is 0. The predicted molar refractivity (Wildman–Crippen MR) is 55.8 cm³/mol. The second-order valence-corrected chi connectivity index (χ2v) is 6.80. The number of rotatable bonds is 1. The van der Waals surface area contributed by atoms with Gasteiger partial charge in [0.15, 0.2) is 0 Å². The molecule has 0 nitrogen and oxygen atoms in total. The third-order valence-electron chi connectivity index (χ3n) is 2.81. The maximum atomic E-state index is 3.37. The van der Waals surface area contributed by atoms with E-state index in [1.807, 2.05) is 0 Å². The van der Waals surface area contributed by atoms with E-state index in [0.29, 0.717) is 0 Å². The Morgan fingerprint density at radius 3 is 2.50 bits per heavy atom. The molecule has 2 rings (SSSR count). The van der Waals surface area contributed by atoms with E-state index in [9.17, 15) is 0 Å². The summed E-state index contributed by atoms with van der Waals surface area (Å²) in [7, 11) is 0.119. The molecule has 1 fully saturated rings. The minimum atomic E-state index is 0.119. The van der Waals surface area contributed by atoms with Gasteiger partial charge in [0.2, 0.25) is 0 Å². The highest BCUT2D eigenvalue weighted by atomic mass is 31.1. The third kappa shape index (κ3) is 1.30. The fraction of sp³-hybridized carbons (Fsp3) is 0.545. The van der Waals surface area contributed by atoms with Crippen molar-refractivity contribution in [2.45, 2.75) is 38.0 Å². The first-order chi connectivity index (χ1) is 5.79. The zero-order valence-corrected chi connectivity index (χ0v) is 8.64. The van der Waals surface area contributed by atoms with Crippen LogP contribution in [0, 0.1) is 0 Å². The van der Waals surface area contributed by atoms with E-state index >= 15 is 0 Å². The van der Waals surface area contributed by atoms with Crippen molar-refractivity contribution in [3.63, 3.8) is 0 Å². The molecule has 1 aliphatic heterocycles. The van der Waals surface area contributed by atoms with Crippen molar-refractivity contribution in [1.29, 1.82) is 0 Å².